The average Bonchev–Trinajstić information content (AvgIpc) is 3.53. The lowest BCUT2D eigenvalue weighted by Crippen LogP contribution is -2.29. The number of fused-ring (bicyclic) bond motifs is 1. The molecule has 164 valence electrons. The van der Waals surface area contributed by atoms with Gasteiger partial charge in [0.2, 0.25) is 5.91 Å². The van der Waals surface area contributed by atoms with Gasteiger partial charge in [0.15, 0.2) is 5.13 Å². The molecule has 2 heterocycles. The zero-order valence-electron chi connectivity index (χ0n) is 17.9. The molecule has 1 fully saturated rings. The second-order valence-corrected chi connectivity index (χ2v) is 9.63. The van der Waals surface area contributed by atoms with Gasteiger partial charge < -0.3 is 10.2 Å². The predicted octanol–water partition coefficient (Wildman–Crippen LogP) is 5.59. The van der Waals surface area contributed by atoms with Gasteiger partial charge in [-0.3, -0.25) is 9.59 Å². The van der Waals surface area contributed by atoms with E-state index in [1.165, 1.54) is 23.5 Å². The van der Waals surface area contributed by atoms with Crippen LogP contribution in [0.1, 0.15) is 46.5 Å². The van der Waals surface area contributed by atoms with Gasteiger partial charge in [-0.25, -0.2) is 9.37 Å². The number of nitrogens with one attached hydrogen (secondary N) is 1. The summed E-state index contributed by atoms with van der Waals surface area (Å²) in [4.78, 5) is 32.7. The van der Waals surface area contributed by atoms with Gasteiger partial charge in [0.25, 0.3) is 5.91 Å². The molecule has 1 saturated carbocycles. The Hall–Kier alpha value is -3.06. The Balaban J connectivity index is 1.37. The minimum absolute atomic E-state index is 0.0686. The molecule has 0 spiro atoms. The van der Waals surface area contributed by atoms with Crippen molar-refractivity contribution in [3.63, 3.8) is 0 Å². The molecule has 0 atom stereocenters. The van der Waals surface area contributed by atoms with Gasteiger partial charge in [-0.05, 0) is 56.0 Å². The number of halogens is 1. The number of benzene rings is 2. The van der Waals surface area contributed by atoms with Gasteiger partial charge in [0, 0.05) is 28.6 Å². The maximum absolute atomic E-state index is 14.1. The first kappa shape index (κ1) is 20.8. The van der Waals surface area contributed by atoms with Crippen LogP contribution in [0.4, 0.5) is 15.2 Å². The van der Waals surface area contributed by atoms with Crippen LogP contribution in [0.5, 0.6) is 0 Å². The highest BCUT2D eigenvalue weighted by Crippen LogP contribution is 2.37. The van der Waals surface area contributed by atoms with E-state index in [4.69, 9.17) is 0 Å². The van der Waals surface area contributed by atoms with E-state index in [9.17, 15) is 14.0 Å². The highest BCUT2D eigenvalue weighted by Gasteiger charge is 2.28. The normalized spacial score (nSPS) is 15.8. The number of carbonyl (C=O) groups is 2. The summed E-state index contributed by atoms with van der Waals surface area (Å²) in [5.41, 5.74) is 3.74. The number of rotatable bonds is 4. The van der Waals surface area contributed by atoms with Gasteiger partial charge in [-0.2, -0.15) is 0 Å². The standard InChI is InChI=1S/C25H24FN3O2S/c1-15-22(27-25(32-15)28-23(30)16-6-2-3-7-16)18-10-11-21-17(14-18)12-13-29(21)24(31)19-8-4-5-9-20(19)26/h4-5,8-11,14,16H,2-3,6-7,12-13H2,1H3,(H,27,28,30). The number of carbonyl (C=O) groups excluding carboxylic acids is 2. The Bertz CT molecular complexity index is 1200. The zero-order valence-corrected chi connectivity index (χ0v) is 18.7. The number of aryl methyl sites for hydroxylation is 1. The summed E-state index contributed by atoms with van der Waals surface area (Å²) in [6, 6.07) is 12.0. The fraction of sp³-hybridized carbons (Fsp3) is 0.320. The third-order valence-corrected chi connectivity index (χ3v) is 7.24. The van der Waals surface area contributed by atoms with Gasteiger partial charge in [0.1, 0.15) is 5.82 Å². The fourth-order valence-corrected chi connectivity index (χ4v) is 5.49. The highest BCUT2D eigenvalue weighted by molar-refractivity contribution is 7.16. The Kier molecular flexibility index (Phi) is 5.51. The zero-order chi connectivity index (χ0) is 22.2. The summed E-state index contributed by atoms with van der Waals surface area (Å²) in [5.74, 6) is -0.663. The maximum atomic E-state index is 14.1. The molecule has 2 aromatic carbocycles. The quantitative estimate of drug-likeness (QED) is 0.565. The van der Waals surface area contributed by atoms with Crippen LogP contribution < -0.4 is 10.2 Å². The number of aromatic nitrogens is 1. The van der Waals surface area contributed by atoms with Crippen molar-refractivity contribution in [3.05, 3.63) is 64.3 Å². The van der Waals surface area contributed by atoms with E-state index >= 15 is 0 Å². The molecule has 5 rings (SSSR count). The molecule has 1 aliphatic heterocycles. The molecule has 1 aromatic heterocycles. The number of thiazole rings is 1. The topological polar surface area (TPSA) is 62.3 Å². The van der Waals surface area contributed by atoms with E-state index in [0.717, 1.165) is 53.1 Å². The first-order valence-electron chi connectivity index (χ1n) is 11.0. The summed E-state index contributed by atoms with van der Waals surface area (Å²) in [6.07, 6.45) is 4.85. The molecule has 1 N–H and O–H groups in total. The van der Waals surface area contributed by atoms with Gasteiger partial charge in [-0.1, -0.05) is 31.0 Å². The number of anilines is 2. The number of amides is 2. The molecular formula is C25H24FN3O2S. The largest absolute Gasteiger partial charge is 0.308 e. The van der Waals surface area contributed by atoms with E-state index in [1.807, 2.05) is 19.1 Å². The minimum Gasteiger partial charge on any atom is -0.308 e. The fourth-order valence-electron chi connectivity index (χ4n) is 4.65. The van der Waals surface area contributed by atoms with Crippen molar-refractivity contribution < 1.29 is 14.0 Å². The molecule has 0 unspecified atom stereocenters. The Morgan fingerprint density at radius 1 is 1.16 bits per heavy atom. The van der Waals surface area contributed by atoms with Crippen molar-refractivity contribution in [3.8, 4) is 11.3 Å². The first-order valence-corrected chi connectivity index (χ1v) is 11.8. The van der Waals surface area contributed by atoms with Crippen molar-refractivity contribution in [1.29, 1.82) is 0 Å². The molecule has 0 bridgehead atoms. The minimum atomic E-state index is -0.507. The van der Waals surface area contributed by atoms with Crippen molar-refractivity contribution >= 4 is 34.0 Å². The van der Waals surface area contributed by atoms with Crippen molar-refractivity contribution in [2.45, 2.75) is 39.0 Å². The number of nitrogens with zero attached hydrogens (tertiary/aromatic N) is 2. The van der Waals surface area contributed by atoms with Crippen LogP contribution in [-0.4, -0.2) is 23.3 Å². The van der Waals surface area contributed by atoms with Crippen LogP contribution in [0.15, 0.2) is 42.5 Å². The van der Waals surface area contributed by atoms with E-state index in [0.29, 0.717) is 18.1 Å². The average molecular weight is 450 g/mol. The van der Waals surface area contributed by atoms with Crippen LogP contribution >= 0.6 is 11.3 Å². The molecule has 1 aliphatic carbocycles. The molecule has 2 aliphatic rings. The monoisotopic (exact) mass is 449 g/mol. The van der Waals surface area contributed by atoms with Crippen LogP contribution in [0.3, 0.4) is 0 Å². The van der Waals surface area contributed by atoms with Crippen LogP contribution in [0.25, 0.3) is 11.3 Å². The van der Waals surface area contributed by atoms with Crippen molar-refractivity contribution in [2.75, 3.05) is 16.8 Å². The molecule has 7 heteroatoms. The Morgan fingerprint density at radius 3 is 2.72 bits per heavy atom. The van der Waals surface area contributed by atoms with E-state index in [1.54, 1.807) is 17.0 Å². The summed E-state index contributed by atoms with van der Waals surface area (Å²) in [6.45, 7) is 2.52. The SMILES string of the molecule is Cc1sc(NC(=O)C2CCCC2)nc1-c1ccc2c(c1)CCN2C(=O)c1ccccc1F. The summed E-state index contributed by atoms with van der Waals surface area (Å²) >= 11 is 1.48. The Labute approximate surface area is 190 Å². The third-order valence-electron chi connectivity index (χ3n) is 6.35. The molecule has 32 heavy (non-hydrogen) atoms. The highest BCUT2D eigenvalue weighted by atomic mass is 32.1. The molecule has 5 nitrogen and oxygen atoms in total. The van der Waals surface area contributed by atoms with Gasteiger partial charge >= 0.3 is 0 Å². The first-order chi connectivity index (χ1) is 15.5. The summed E-state index contributed by atoms with van der Waals surface area (Å²) in [7, 11) is 0. The van der Waals surface area contributed by atoms with Crippen molar-refractivity contribution in [1.82, 2.24) is 4.98 Å². The lowest BCUT2D eigenvalue weighted by atomic mass is 10.1. The van der Waals surface area contributed by atoms with Crippen LogP contribution in [0.2, 0.25) is 0 Å². The molecule has 0 radical (unpaired) electrons. The van der Waals surface area contributed by atoms with E-state index < -0.39 is 5.82 Å². The number of hydrogen-bond donors (Lipinski definition) is 1. The molecule has 0 saturated heterocycles. The lowest BCUT2D eigenvalue weighted by Gasteiger charge is -2.18. The van der Waals surface area contributed by atoms with Gasteiger partial charge in [0.05, 0.1) is 11.3 Å². The smallest absolute Gasteiger partial charge is 0.261 e. The summed E-state index contributed by atoms with van der Waals surface area (Å²) in [5, 5.41) is 3.62. The predicted molar refractivity (Wildman–Crippen MR) is 125 cm³/mol. The lowest BCUT2D eigenvalue weighted by molar-refractivity contribution is -0.119. The molecular weight excluding hydrogens is 425 g/mol. The second-order valence-electron chi connectivity index (χ2n) is 8.42. The number of hydrogen-bond acceptors (Lipinski definition) is 4. The van der Waals surface area contributed by atoms with Crippen LogP contribution in [-0.2, 0) is 11.2 Å². The van der Waals surface area contributed by atoms with Gasteiger partial charge in [-0.15, -0.1) is 11.3 Å². The summed E-state index contributed by atoms with van der Waals surface area (Å²) < 4.78 is 14.1. The maximum Gasteiger partial charge on any atom is 0.261 e. The third kappa shape index (κ3) is 3.81. The van der Waals surface area contributed by atoms with E-state index in [-0.39, 0.29) is 23.3 Å². The van der Waals surface area contributed by atoms with E-state index in [2.05, 4.69) is 16.4 Å². The second kappa shape index (κ2) is 8.47. The molecule has 2 amide bonds. The van der Waals surface area contributed by atoms with Crippen molar-refractivity contribution in [2.24, 2.45) is 5.92 Å². The molecule has 3 aromatic rings. The Morgan fingerprint density at radius 2 is 1.94 bits per heavy atom. The van der Waals surface area contributed by atoms with Crippen LogP contribution in [0, 0.1) is 18.7 Å².